The molecule has 0 atom stereocenters. The molecule has 0 spiro atoms. The van der Waals surface area contributed by atoms with Crippen molar-refractivity contribution in [3.63, 3.8) is 0 Å². The van der Waals surface area contributed by atoms with Crippen molar-refractivity contribution < 1.29 is 0 Å². The van der Waals surface area contributed by atoms with E-state index in [2.05, 4.69) is 10.1 Å². The number of fused-ring (bicyclic) bond motifs is 1. The van der Waals surface area contributed by atoms with Crippen LogP contribution in [0.15, 0.2) is 47.4 Å². The third-order valence-electron chi connectivity index (χ3n) is 2.53. The van der Waals surface area contributed by atoms with Crippen molar-refractivity contribution in [2.75, 3.05) is 0 Å². The van der Waals surface area contributed by atoms with Crippen molar-refractivity contribution in [1.82, 2.24) is 14.8 Å². The van der Waals surface area contributed by atoms with Crippen LogP contribution < -0.4 is 5.56 Å². The number of nitrogens with zero attached hydrogens (tertiary/aromatic N) is 2. The monoisotopic (exact) mass is 245 g/mol. The smallest absolute Gasteiger partial charge is 0.280 e. The van der Waals surface area contributed by atoms with Gasteiger partial charge in [0.25, 0.3) is 5.56 Å². The number of nitrogens with one attached hydrogen (secondary N) is 1. The van der Waals surface area contributed by atoms with E-state index in [-0.39, 0.29) is 5.56 Å². The summed E-state index contributed by atoms with van der Waals surface area (Å²) in [5.41, 5.74) is 0.573. The molecule has 4 nitrogen and oxygen atoms in total. The summed E-state index contributed by atoms with van der Waals surface area (Å²) in [6.07, 6.45) is 1.64. The zero-order valence-corrected chi connectivity index (χ0v) is 9.48. The first-order valence-corrected chi connectivity index (χ1v) is 5.45. The minimum atomic E-state index is -0.129. The molecule has 0 aliphatic rings. The molecule has 2 aromatic heterocycles. The van der Waals surface area contributed by atoms with Gasteiger partial charge in [0.05, 0.1) is 10.9 Å². The van der Waals surface area contributed by atoms with Gasteiger partial charge in [-0.2, -0.15) is 0 Å². The molecule has 84 valence electrons. The normalized spacial score (nSPS) is 10.9. The summed E-state index contributed by atoms with van der Waals surface area (Å²) in [7, 11) is 0. The topological polar surface area (TPSA) is 50.7 Å². The van der Waals surface area contributed by atoms with E-state index >= 15 is 0 Å². The maximum Gasteiger partial charge on any atom is 0.280 e. The lowest BCUT2D eigenvalue weighted by molar-refractivity contribution is 0.831. The number of halogens is 1. The van der Waals surface area contributed by atoms with Gasteiger partial charge in [0.1, 0.15) is 0 Å². The van der Waals surface area contributed by atoms with Crippen molar-refractivity contribution in [3.05, 3.63) is 58.0 Å². The Bertz CT molecular complexity index is 730. The summed E-state index contributed by atoms with van der Waals surface area (Å²) < 4.78 is 1.40. The average molecular weight is 246 g/mol. The number of rotatable bonds is 1. The molecule has 1 aromatic carbocycles. The Hall–Kier alpha value is -2.07. The molecule has 0 amide bonds. The summed E-state index contributed by atoms with van der Waals surface area (Å²) in [4.78, 5) is 16.2. The number of pyridine rings is 1. The average Bonchev–Trinajstić information content (AvgIpc) is 2.67. The van der Waals surface area contributed by atoms with Crippen LogP contribution in [0.5, 0.6) is 0 Å². The highest BCUT2D eigenvalue weighted by molar-refractivity contribution is 6.31. The molecule has 0 radical (unpaired) electrons. The first-order chi connectivity index (χ1) is 8.25. The van der Waals surface area contributed by atoms with E-state index < -0.39 is 0 Å². The predicted molar refractivity (Wildman–Crippen MR) is 66.7 cm³/mol. The number of benzene rings is 1. The van der Waals surface area contributed by atoms with E-state index in [0.717, 1.165) is 0 Å². The molecule has 0 unspecified atom stereocenters. The van der Waals surface area contributed by atoms with E-state index in [9.17, 15) is 4.79 Å². The highest BCUT2D eigenvalue weighted by atomic mass is 35.5. The lowest BCUT2D eigenvalue weighted by atomic mass is 10.2. The molecular formula is C12H8ClN3O. The van der Waals surface area contributed by atoms with Gasteiger partial charge in [0, 0.05) is 11.2 Å². The largest absolute Gasteiger partial charge is 0.289 e. The SMILES string of the molecule is O=c1c2ccc(Cl)cc2[nH]n1-c1ccccn1. The highest BCUT2D eigenvalue weighted by Crippen LogP contribution is 2.15. The molecule has 0 bridgehead atoms. The Balaban J connectivity index is 2.32. The Labute approximate surface area is 101 Å². The maximum absolute atomic E-state index is 12.1. The van der Waals surface area contributed by atoms with Gasteiger partial charge in [0.15, 0.2) is 5.82 Å². The van der Waals surface area contributed by atoms with Gasteiger partial charge in [-0.15, -0.1) is 0 Å². The highest BCUT2D eigenvalue weighted by Gasteiger charge is 2.08. The molecule has 2 heterocycles. The number of hydrogen-bond donors (Lipinski definition) is 1. The molecular weight excluding hydrogens is 238 g/mol. The van der Waals surface area contributed by atoms with Gasteiger partial charge in [-0.1, -0.05) is 17.7 Å². The lowest BCUT2D eigenvalue weighted by Crippen LogP contribution is -2.15. The van der Waals surface area contributed by atoms with E-state index in [1.165, 1.54) is 4.68 Å². The fraction of sp³-hybridized carbons (Fsp3) is 0. The zero-order chi connectivity index (χ0) is 11.8. The summed E-state index contributed by atoms with van der Waals surface area (Å²) in [6.45, 7) is 0. The third kappa shape index (κ3) is 1.62. The molecule has 0 aliphatic heterocycles. The minimum absolute atomic E-state index is 0.129. The van der Waals surface area contributed by atoms with Crippen LogP contribution in [-0.2, 0) is 0 Å². The lowest BCUT2D eigenvalue weighted by Gasteiger charge is -1.97. The van der Waals surface area contributed by atoms with Crippen LogP contribution >= 0.6 is 11.6 Å². The number of aromatic amines is 1. The van der Waals surface area contributed by atoms with Gasteiger partial charge < -0.3 is 0 Å². The fourth-order valence-electron chi connectivity index (χ4n) is 1.73. The Kier molecular flexibility index (Phi) is 2.23. The minimum Gasteiger partial charge on any atom is -0.289 e. The third-order valence-corrected chi connectivity index (χ3v) is 2.76. The quantitative estimate of drug-likeness (QED) is 0.716. The Morgan fingerprint density at radius 1 is 1.24 bits per heavy atom. The molecule has 0 saturated heterocycles. The van der Waals surface area contributed by atoms with Gasteiger partial charge in [0.2, 0.25) is 0 Å². The van der Waals surface area contributed by atoms with Crippen molar-refractivity contribution in [2.24, 2.45) is 0 Å². The standard InChI is InChI=1S/C12H8ClN3O/c13-8-4-5-9-10(7-8)15-16(12(9)17)11-3-1-2-6-14-11/h1-7,15H. The molecule has 0 saturated carbocycles. The molecule has 5 heteroatoms. The summed E-state index contributed by atoms with van der Waals surface area (Å²) in [5.74, 6) is 0.560. The van der Waals surface area contributed by atoms with Crippen molar-refractivity contribution in [1.29, 1.82) is 0 Å². The van der Waals surface area contributed by atoms with Crippen LogP contribution in [0.4, 0.5) is 0 Å². The second kappa shape index (κ2) is 3.75. The first kappa shape index (κ1) is 10.1. The number of hydrogen-bond acceptors (Lipinski definition) is 2. The summed E-state index contributed by atoms with van der Waals surface area (Å²) >= 11 is 5.88. The van der Waals surface area contributed by atoms with E-state index in [1.807, 2.05) is 6.07 Å². The van der Waals surface area contributed by atoms with Crippen molar-refractivity contribution in [3.8, 4) is 5.82 Å². The molecule has 17 heavy (non-hydrogen) atoms. The van der Waals surface area contributed by atoms with Gasteiger partial charge in [-0.3, -0.25) is 9.89 Å². The number of H-pyrrole nitrogens is 1. The Morgan fingerprint density at radius 3 is 2.88 bits per heavy atom. The summed E-state index contributed by atoms with van der Waals surface area (Å²) in [6, 6.07) is 10.5. The molecule has 3 aromatic rings. The van der Waals surface area contributed by atoms with Crippen LogP contribution in [0.1, 0.15) is 0 Å². The van der Waals surface area contributed by atoms with Gasteiger partial charge in [-0.25, -0.2) is 9.67 Å². The maximum atomic E-state index is 12.1. The predicted octanol–water partition coefficient (Wildman–Crippen LogP) is 2.37. The van der Waals surface area contributed by atoms with Crippen LogP contribution in [0.2, 0.25) is 5.02 Å². The van der Waals surface area contributed by atoms with Crippen LogP contribution in [0, 0.1) is 0 Å². The van der Waals surface area contributed by atoms with E-state index in [1.54, 1.807) is 36.5 Å². The van der Waals surface area contributed by atoms with Crippen LogP contribution in [0.3, 0.4) is 0 Å². The second-order valence-corrected chi connectivity index (χ2v) is 4.07. The molecule has 3 rings (SSSR count). The first-order valence-electron chi connectivity index (χ1n) is 5.07. The van der Waals surface area contributed by atoms with Crippen molar-refractivity contribution in [2.45, 2.75) is 0 Å². The molecule has 1 N–H and O–H groups in total. The number of aromatic nitrogens is 3. The molecule has 0 aliphatic carbocycles. The Morgan fingerprint density at radius 2 is 2.12 bits per heavy atom. The van der Waals surface area contributed by atoms with Crippen LogP contribution in [0.25, 0.3) is 16.7 Å². The fourth-order valence-corrected chi connectivity index (χ4v) is 1.91. The molecule has 0 fully saturated rings. The van der Waals surface area contributed by atoms with Crippen molar-refractivity contribution >= 4 is 22.5 Å². The summed E-state index contributed by atoms with van der Waals surface area (Å²) in [5, 5.41) is 4.17. The van der Waals surface area contributed by atoms with E-state index in [4.69, 9.17) is 11.6 Å². The van der Waals surface area contributed by atoms with E-state index in [0.29, 0.717) is 21.7 Å². The van der Waals surface area contributed by atoms with Crippen LogP contribution in [-0.4, -0.2) is 14.8 Å². The van der Waals surface area contributed by atoms with Gasteiger partial charge in [-0.05, 0) is 30.3 Å². The second-order valence-electron chi connectivity index (χ2n) is 3.63. The zero-order valence-electron chi connectivity index (χ0n) is 8.72. The van der Waals surface area contributed by atoms with Gasteiger partial charge >= 0.3 is 0 Å².